The number of nitrogens with zero attached hydrogens (tertiary/aromatic N) is 2. The number of Topliss-reactive ketones (excluding diaryl/α,β-unsaturated/α-hetero) is 1. The van der Waals surface area contributed by atoms with E-state index in [1.54, 1.807) is 23.1 Å². The van der Waals surface area contributed by atoms with Gasteiger partial charge in [0.25, 0.3) is 5.91 Å². The number of aliphatic hydroxyl groups is 1. The number of rotatable bonds is 9. The number of aryl methyl sites for hydroxylation is 1. The van der Waals surface area contributed by atoms with Crippen LogP contribution in [0.15, 0.2) is 58.2 Å². The largest absolute Gasteiger partial charge is 0.503 e. The molecule has 0 saturated carbocycles. The Kier molecular flexibility index (Phi) is 7.19. The van der Waals surface area contributed by atoms with Gasteiger partial charge in [0.1, 0.15) is 0 Å². The van der Waals surface area contributed by atoms with Gasteiger partial charge in [0, 0.05) is 29.6 Å². The third-order valence-electron chi connectivity index (χ3n) is 6.45. The van der Waals surface area contributed by atoms with E-state index in [0.717, 1.165) is 24.2 Å². The topological polar surface area (TPSA) is 83.2 Å². The number of likely N-dealkylation sites (N-methyl/N-ethyl adjacent to an activating group) is 1. The second kappa shape index (κ2) is 10.1. The van der Waals surface area contributed by atoms with Gasteiger partial charge in [0.15, 0.2) is 22.9 Å². The van der Waals surface area contributed by atoms with Gasteiger partial charge in [-0.15, -0.1) is 0 Å². The second-order valence-corrected chi connectivity index (χ2v) is 9.01. The van der Waals surface area contributed by atoms with E-state index in [4.69, 9.17) is 20.8 Å². The molecule has 1 aliphatic heterocycles. The Balaban J connectivity index is 1.78. The molecule has 2 aromatic carbocycles. The zero-order chi connectivity index (χ0) is 25.3. The molecule has 0 aliphatic carbocycles. The number of fused-ring (bicyclic) bond motifs is 1. The van der Waals surface area contributed by atoms with Gasteiger partial charge in [-0.2, -0.15) is 0 Å². The Morgan fingerprint density at radius 1 is 1.20 bits per heavy atom. The summed E-state index contributed by atoms with van der Waals surface area (Å²) in [6.07, 6.45) is 0. The lowest BCUT2D eigenvalue weighted by atomic mass is 9.94. The molecule has 0 radical (unpaired) electrons. The molecular formula is C27H29ClN2O5. The van der Waals surface area contributed by atoms with Crippen molar-refractivity contribution in [2.24, 2.45) is 0 Å². The molecule has 1 amide bonds. The van der Waals surface area contributed by atoms with Gasteiger partial charge >= 0.3 is 0 Å². The predicted octanol–water partition coefficient (Wildman–Crippen LogP) is 5.32. The molecule has 35 heavy (non-hydrogen) atoms. The van der Waals surface area contributed by atoms with Crippen LogP contribution in [-0.4, -0.2) is 59.9 Å². The monoisotopic (exact) mass is 496 g/mol. The maximum atomic E-state index is 13.7. The third kappa shape index (κ3) is 4.66. The summed E-state index contributed by atoms with van der Waals surface area (Å²) in [4.78, 5) is 30.7. The van der Waals surface area contributed by atoms with E-state index in [2.05, 4.69) is 18.7 Å². The Hall–Kier alpha value is -3.29. The van der Waals surface area contributed by atoms with Gasteiger partial charge in [-0.3, -0.25) is 9.59 Å². The van der Waals surface area contributed by atoms with Crippen molar-refractivity contribution in [3.63, 3.8) is 0 Å². The summed E-state index contributed by atoms with van der Waals surface area (Å²) in [6.45, 7) is 8.71. The second-order valence-electron chi connectivity index (χ2n) is 8.57. The van der Waals surface area contributed by atoms with Gasteiger partial charge in [-0.25, -0.2) is 0 Å². The predicted molar refractivity (Wildman–Crippen MR) is 135 cm³/mol. The normalized spacial score (nSPS) is 16.1. The summed E-state index contributed by atoms with van der Waals surface area (Å²) >= 11 is 6.17. The van der Waals surface area contributed by atoms with Crippen LogP contribution in [-0.2, 0) is 4.79 Å². The molecule has 1 N–H and O–H groups in total. The Labute approximate surface area is 209 Å². The smallest absolute Gasteiger partial charge is 0.290 e. The zero-order valence-corrected chi connectivity index (χ0v) is 21.1. The van der Waals surface area contributed by atoms with Crippen LogP contribution in [0.25, 0.3) is 11.0 Å². The molecule has 8 heteroatoms. The lowest BCUT2D eigenvalue weighted by Crippen LogP contribution is -2.38. The standard InChI is InChI=1S/C27H29ClN2O5/c1-5-29(6-2)10-11-30-23(17-9-7-8-16(3)12-17)22(25(32)27(30)33)24(31)20-14-18-13-19(28)15-21(34-4)26(18)35-20/h7-9,12-15,23,32H,5-6,10-11H2,1-4H3. The highest BCUT2D eigenvalue weighted by Gasteiger charge is 2.44. The summed E-state index contributed by atoms with van der Waals surface area (Å²) < 4.78 is 11.2. The van der Waals surface area contributed by atoms with E-state index in [-0.39, 0.29) is 11.3 Å². The molecule has 3 aromatic rings. The molecule has 7 nitrogen and oxygen atoms in total. The summed E-state index contributed by atoms with van der Waals surface area (Å²) in [6, 6.07) is 11.7. The van der Waals surface area contributed by atoms with E-state index in [0.29, 0.717) is 34.8 Å². The number of carbonyl (C=O) groups excluding carboxylic acids is 2. The van der Waals surface area contributed by atoms with Crippen LogP contribution in [0.4, 0.5) is 0 Å². The molecule has 2 heterocycles. The fourth-order valence-corrected chi connectivity index (χ4v) is 4.79. The highest BCUT2D eigenvalue weighted by atomic mass is 35.5. The molecule has 1 aromatic heterocycles. The van der Waals surface area contributed by atoms with Crippen LogP contribution in [0.3, 0.4) is 0 Å². The zero-order valence-electron chi connectivity index (χ0n) is 20.3. The van der Waals surface area contributed by atoms with Gasteiger partial charge in [-0.05, 0) is 37.7 Å². The molecule has 0 spiro atoms. The van der Waals surface area contributed by atoms with Gasteiger partial charge in [0.05, 0.1) is 18.7 Å². The fraction of sp³-hybridized carbons (Fsp3) is 0.333. The van der Waals surface area contributed by atoms with E-state index in [9.17, 15) is 14.7 Å². The number of halogens is 1. The summed E-state index contributed by atoms with van der Waals surface area (Å²) in [7, 11) is 1.49. The molecule has 0 bridgehead atoms. The highest BCUT2D eigenvalue weighted by Crippen LogP contribution is 2.40. The third-order valence-corrected chi connectivity index (χ3v) is 6.67. The van der Waals surface area contributed by atoms with Crippen LogP contribution < -0.4 is 4.74 Å². The number of hydrogen-bond donors (Lipinski definition) is 1. The van der Waals surface area contributed by atoms with Gasteiger partial charge < -0.3 is 24.1 Å². The lowest BCUT2D eigenvalue weighted by molar-refractivity contribution is -0.129. The highest BCUT2D eigenvalue weighted by molar-refractivity contribution is 6.31. The van der Waals surface area contributed by atoms with Crippen molar-refractivity contribution < 1.29 is 23.8 Å². The van der Waals surface area contributed by atoms with Crippen LogP contribution >= 0.6 is 11.6 Å². The van der Waals surface area contributed by atoms with Crippen LogP contribution in [0, 0.1) is 6.92 Å². The maximum Gasteiger partial charge on any atom is 0.290 e. The number of aliphatic hydroxyl groups excluding tert-OH is 1. The van der Waals surface area contributed by atoms with E-state index >= 15 is 0 Å². The number of ether oxygens (including phenoxy) is 1. The van der Waals surface area contributed by atoms with Crippen molar-refractivity contribution in [3.05, 3.63) is 75.7 Å². The molecule has 0 saturated heterocycles. The minimum Gasteiger partial charge on any atom is -0.503 e. The Bertz CT molecular complexity index is 1310. The van der Waals surface area contributed by atoms with Crippen LogP contribution in [0.1, 0.15) is 41.6 Å². The number of benzene rings is 2. The Morgan fingerprint density at radius 3 is 2.60 bits per heavy atom. The van der Waals surface area contributed by atoms with Crippen LogP contribution in [0.5, 0.6) is 5.75 Å². The molecule has 4 rings (SSSR count). The molecular weight excluding hydrogens is 468 g/mol. The average Bonchev–Trinajstić information content (AvgIpc) is 3.38. The first-order valence-electron chi connectivity index (χ1n) is 11.6. The number of amides is 1. The van der Waals surface area contributed by atoms with Crippen molar-refractivity contribution in [2.45, 2.75) is 26.8 Å². The Morgan fingerprint density at radius 2 is 1.94 bits per heavy atom. The molecule has 1 unspecified atom stereocenters. The molecule has 1 atom stereocenters. The van der Waals surface area contributed by atoms with E-state index in [1.807, 2.05) is 31.2 Å². The first kappa shape index (κ1) is 24.8. The number of methoxy groups -OCH3 is 1. The number of carbonyl (C=O) groups is 2. The first-order chi connectivity index (χ1) is 16.8. The van der Waals surface area contributed by atoms with Crippen molar-refractivity contribution in [1.82, 2.24) is 9.80 Å². The summed E-state index contributed by atoms with van der Waals surface area (Å²) in [5.74, 6) is -1.28. The van der Waals surface area contributed by atoms with Crippen molar-refractivity contribution in [1.29, 1.82) is 0 Å². The van der Waals surface area contributed by atoms with Crippen LogP contribution in [0.2, 0.25) is 5.02 Å². The van der Waals surface area contributed by atoms with Gasteiger partial charge in [-0.1, -0.05) is 55.3 Å². The van der Waals surface area contributed by atoms with Crippen molar-refractivity contribution in [2.75, 3.05) is 33.3 Å². The SMILES string of the molecule is CCN(CC)CCN1C(=O)C(O)=C(C(=O)c2cc3cc(Cl)cc(OC)c3o2)C1c1cccc(C)c1. The van der Waals surface area contributed by atoms with E-state index in [1.165, 1.54) is 7.11 Å². The fourth-order valence-electron chi connectivity index (χ4n) is 4.57. The average molecular weight is 497 g/mol. The summed E-state index contributed by atoms with van der Waals surface area (Å²) in [5.41, 5.74) is 2.11. The number of furan rings is 1. The molecule has 1 aliphatic rings. The molecule has 0 fully saturated rings. The number of hydrogen-bond acceptors (Lipinski definition) is 6. The minimum absolute atomic E-state index is 0.00170. The van der Waals surface area contributed by atoms with E-state index < -0.39 is 23.5 Å². The maximum absolute atomic E-state index is 13.7. The minimum atomic E-state index is -0.732. The van der Waals surface area contributed by atoms with Crippen molar-refractivity contribution in [3.8, 4) is 5.75 Å². The quantitative estimate of drug-likeness (QED) is 0.403. The summed E-state index contributed by atoms with van der Waals surface area (Å²) in [5, 5.41) is 12.0. The first-order valence-corrected chi connectivity index (χ1v) is 12.0. The number of ketones is 1. The molecule has 184 valence electrons. The van der Waals surface area contributed by atoms with Gasteiger partial charge in [0.2, 0.25) is 5.78 Å². The van der Waals surface area contributed by atoms with Crippen molar-refractivity contribution >= 4 is 34.3 Å². The lowest BCUT2D eigenvalue weighted by Gasteiger charge is -2.29.